The molecule has 0 spiro atoms. The van der Waals surface area contributed by atoms with Gasteiger partial charge in [0.2, 0.25) is 5.91 Å². The normalized spacial score (nSPS) is 15.5. The molecule has 5 nitrogen and oxygen atoms in total. The molecule has 0 unspecified atom stereocenters. The van der Waals surface area contributed by atoms with Gasteiger partial charge in [-0.3, -0.25) is 4.79 Å². The highest BCUT2D eigenvalue weighted by molar-refractivity contribution is 6.36. The van der Waals surface area contributed by atoms with E-state index in [1.807, 2.05) is 0 Å². The maximum atomic E-state index is 13.0. The van der Waals surface area contributed by atoms with Crippen LogP contribution in [-0.2, 0) is 16.1 Å². The molecule has 0 saturated carbocycles. The molecule has 0 fully saturated rings. The van der Waals surface area contributed by atoms with Crippen LogP contribution in [0.4, 0.5) is 4.39 Å². The molecule has 2 rings (SSSR count). The van der Waals surface area contributed by atoms with Gasteiger partial charge >= 0.3 is 5.97 Å². The molecule has 1 aliphatic heterocycles. The lowest BCUT2D eigenvalue weighted by Gasteiger charge is -2.22. The summed E-state index contributed by atoms with van der Waals surface area (Å²) in [7, 11) is 0. The Morgan fingerprint density at radius 1 is 1.44 bits per heavy atom. The summed E-state index contributed by atoms with van der Waals surface area (Å²) < 4.78 is 13.0. The highest BCUT2D eigenvalue weighted by Gasteiger charge is 2.24. The van der Waals surface area contributed by atoms with Gasteiger partial charge in [-0.2, -0.15) is 5.10 Å². The average molecular weight is 250 g/mol. The molecular formula is C12H11FN2O3. The van der Waals surface area contributed by atoms with Crippen LogP contribution in [0.2, 0.25) is 0 Å². The first-order valence-corrected chi connectivity index (χ1v) is 5.42. The van der Waals surface area contributed by atoms with Crippen LogP contribution in [-0.4, -0.2) is 27.7 Å². The van der Waals surface area contributed by atoms with Crippen LogP contribution < -0.4 is 0 Å². The third kappa shape index (κ3) is 2.71. The Morgan fingerprint density at radius 3 is 2.89 bits per heavy atom. The summed E-state index contributed by atoms with van der Waals surface area (Å²) in [5.41, 5.74) is 0.518. The van der Waals surface area contributed by atoms with E-state index >= 15 is 0 Å². The number of amides is 1. The van der Waals surface area contributed by atoms with Crippen molar-refractivity contribution in [3.8, 4) is 0 Å². The molecule has 0 saturated heterocycles. The van der Waals surface area contributed by atoms with Crippen molar-refractivity contribution in [3.63, 3.8) is 0 Å². The predicted octanol–water partition coefficient (Wildman–Crippen LogP) is 1.39. The van der Waals surface area contributed by atoms with Gasteiger partial charge in [-0.05, 0) is 17.7 Å². The molecule has 1 amide bonds. The number of aliphatic carboxylic acids is 1. The summed E-state index contributed by atoms with van der Waals surface area (Å²) in [6.45, 7) is 0.0768. The Bertz CT molecular complexity index is 528. The second kappa shape index (κ2) is 4.95. The largest absolute Gasteiger partial charge is 0.477 e. The van der Waals surface area contributed by atoms with Crippen LogP contribution in [0.5, 0.6) is 0 Å². The lowest BCUT2D eigenvalue weighted by Crippen LogP contribution is -2.33. The molecule has 0 bridgehead atoms. The molecule has 94 valence electrons. The number of hydrazone groups is 1. The Labute approximate surface area is 103 Å². The Balaban J connectivity index is 2.19. The number of halogens is 1. The van der Waals surface area contributed by atoms with Gasteiger partial charge in [-0.1, -0.05) is 12.1 Å². The lowest BCUT2D eigenvalue weighted by molar-refractivity contribution is -0.133. The van der Waals surface area contributed by atoms with E-state index in [1.165, 1.54) is 18.2 Å². The Kier molecular flexibility index (Phi) is 3.36. The number of carboxylic acid groups (broad SMARTS) is 1. The van der Waals surface area contributed by atoms with Crippen molar-refractivity contribution in [1.82, 2.24) is 5.01 Å². The fourth-order valence-corrected chi connectivity index (χ4v) is 1.69. The van der Waals surface area contributed by atoms with E-state index in [-0.39, 0.29) is 31.0 Å². The minimum absolute atomic E-state index is 0.0500. The number of hydrogen-bond donors (Lipinski definition) is 1. The maximum absolute atomic E-state index is 13.0. The van der Waals surface area contributed by atoms with Crippen LogP contribution in [0.1, 0.15) is 18.4 Å². The zero-order chi connectivity index (χ0) is 13.1. The van der Waals surface area contributed by atoms with Gasteiger partial charge in [0.05, 0.1) is 6.54 Å². The molecule has 6 heteroatoms. The van der Waals surface area contributed by atoms with Crippen LogP contribution in [0.3, 0.4) is 0 Å². The number of carbonyl (C=O) groups excluding carboxylic acids is 1. The van der Waals surface area contributed by atoms with Gasteiger partial charge in [0.15, 0.2) is 0 Å². The van der Waals surface area contributed by atoms with E-state index in [1.54, 1.807) is 6.07 Å². The summed E-state index contributed by atoms with van der Waals surface area (Å²) in [5, 5.41) is 13.7. The Hall–Kier alpha value is -2.24. The first-order valence-electron chi connectivity index (χ1n) is 5.42. The topological polar surface area (TPSA) is 70.0 Å². The van der Waals surface area contributed by atoms with E-state index in [2.05, 4.69) is 5.10 Å². The highest BCUT2D eigenvalue weighted by Crippen LogP contribution is 2.14. The summed E-state index contributed by atoms with van der Waals surface area (Å²) >= 11 is 0. The molecule has 0 atom stereocenters. The van der Waals surface area contributed by atoms with Crippen LogP contribution in [0, 0.1) is 5.82 Å². The van der Waals surface area contributed by atoms with Gasteiger partial charge in [0.25, 0.3) is 0 Å². The fourth-order valence-electron chi connectivity index (χ4n) is 1.69. The predicted molar refractivity (Wildman–Crippen MR) is 61.3 cm³/mol. The van der Waals surface area contributed by atoms with Crippen LogP contribution >= 0.6 is 0 Å². The lowest BCUT2D eigenvalue weighted by atomic mass is 10.1. The minimum Gasteiger partial charge on any atom is -0.477 e. The zero-order valence-electron chi connectivity index (χ0n) is 9.47. The van der Waals surface area contributed by atoms with Crippen molar-refractivity contribution >= 4 is 17.6 Å². The molecule has 0 aromatic heterocycles. The SMILES string of the molecule is O=C(O)C1=NN(Cc2cccc(F)c2)C(=O)CC1. The average Bonchev–Trinajstić information content (AvgIpc) is 2.31. The smallest absolute Gasteiger partial charge is 0.352 e. The quantitative estimate of drug-likeness (QED) is 0.881. The van der Waals surface area contributed by atoms with Crippen molar-refractivity contribution in [1.29, 1.82) is 0 Å². The third-order valence-electron chi connectivity index (χ3n) is 2.57. The number of nitrogens with zero attached hydrogens (tertiary/aromatic N) is 2. The standard InChI is InChI=1S/C12H11FN2O3/c13-9-3-1-2-8(6-9)7-15-11(16)5-4-10(14-15)12(17)18/h1-3,6H,4-5,7H2,(H,17,18). The molecule has 1 N–H and O–H groups in total. The van der Waals surface area contributed by atoms with Crippen molar-refractivity contribution < 1.29 is 19.1 Å². The molecule has 1 heterocycles. The van der Waals surface area contributed by atoms with Crippen molar-refractivity contribution in [2.45, 2.75) is 19.4 Å². The maximum Gasteiger partial charge on any atom is 0.352 e. The number of carboxylic acids is 1. The number of rotatable bonds is 3. The second-order valence-corrected chi connectivity index (χ2v) is 3.93. The van der Waals surface area contributed by atoms with Gasteiger partial charge in [0.1, 0.15) is 11.5 Å². The second-order valence-electron chi connectivity index (χ2n) is 3.93. The summed E-state index contributed by atoms with van der Waals surface area (Å²) in [6.07, 6.45) is 0.244. The molecule has 0 aliphatic carbocycles. The van der Waals surface area contributed by atoms with Crippen molar-refractivity contribution in [3.05, 3.63) is 35.6 Å². The molecule has 1 aromatic rings. The van der Waals surface area contributed by atoms with Crippen LogP contribution in [0.25, 0.3) is 0 Å². The first kappa shape index (κ1) is 12.2. The minimum atomic E-state index is -1.13. The van der Waals surface area contributed by atoms with E-state index in [4.69, 9.17) is 5.11 Å². The van der Waals surface area contributed by atoms with Gasteiger partial charge in [-0.25, -0.2) is 14.2 Å². The molecule has 18 heavy (non-hydrogen) atoms. The summed E-state index contributed by atoms with van der Waals surface area (Å²) in [5.74, 6) is -1.80. The van der Waals surface area contributed by atoms with Gasteiger partial charge < -0.3 is 5.11 Å². The van der Waals surface area contributed by atoms with E-state index in [0.29, 0.717) is 5.56 Å². The van der Waals surface area contributed by atoms with E-state index in [0.717, 1.165) is 5.01 Å². The van der Waals surface area contributed by atoms with Crippen molar-refractivity contribution in [2.75, 3.05) is 0 Å². The number of carbonyl (C=O) groups is 2. The van der Waals surface area contributed by atoms with E-state index in [9.17, 15) is 14.0 Å². The highest BCUT2D eigenvalue weighted by atomic mass is 19.1. The fraction of sp³-hybridized carbons (Fsp3) is 0.250. The third-order valence-corrected chi connectivity index (χ3v) is 2.57. The summed E-state index contributed by atoms with van der Waals surface area (Å²) in [4.78, 5) is 22.4. The van der Waals surface area contributed by atoms with Crippen LogP contribution in [0.15, 0.2) is 29.4 Å². The molecule has 1 aromatic carbocycles. The van der Waals surface area contributed by atoms with Gasteiger partial charge in [-0.15, -0.1) is 0 Å². The summed E-state index contributed by atoms with van der Waals surface area (Å²) in [6, 6.07) is 5.77. The van der Waals surface area contributed by atoms with E-state index < -0.39 is 11.8 Å². The van der Waals surface area contributed by atoms with Crippen molar-refractivity contribution in [2.24, 2.45) is 5.10 Å². The number of benzene rings is 1. The molecule has 1 aliphatic rings. The zero-order valence-corrected chi connectivity index (χ0v) is 9.47. The molecule has 0 radical (unpaired) electrons. The number of hydrogen-bond acceptors (Lipinski definition) is 3. The first-order chi connectivity index (χ1) is 8.56. The van der Waals surface area contributed by atoms with Gasteiger partial charge in [0, 0.05) is 12.8 Å². The Morgan fingerprint density at radius 2 is 2.22 bits per heavy atom. The molecular weight excluding hydrogens is 239 g/mol. The monoisotopic (exact) mass is 250 g/mol.